The van der Waals surface area contributed by atoms with Crippen LogP contribution in [0.2, 0.25) is 0 Å². The first-order valence-electron chi connectivity index (χ1n) is 21.1. The normalized spacial score (nSPS) is 12.5. The molecule has 0 saturated heterocycles. The van der Waals surface area contributed by atoms with Gasteiger partial charge in [0.25, 0.3) is 6.33 Å². The van der Waals surface area contributed by atoms with Crippen LogP contribution in [0.1, 0.15) is 52.7 Å². The number of para-hydroxylation sites is 3. The molecule has 0 amide bonds. The number of benzene rings is 7. The van der Waals surface area contributed by atoms with Gasteiger partial charge in [-0.1, -0.05) is 169 Å². The van der Waals surface area contributed by atoms with Crippen molar-refractivity contribution in [2.24, 2.45) is 0 Å². The summed E-state index contributed by atoms with van der Waals surface area (Å²) in [5.41, 5.74) is 16.6. The number of fused-ring (bicyclic) bond motifs is 6. The Kier molecular flexibility index (Phi) is 9.53. The molecule has 4 nitrogen and oxygen atoms in total. The number of nitrogens with zero attached hydrogens (tertiary/aromatic N) is 4. The molecular weight excluding hydrogens is 761 g/mol. The Labute approximate surface area is 363 Å². The monoisotopic (exact) mass is 809 g/mol. The van der Waals surface area contributed by atoms with Crippen LogP contribution < -0.4 is 9.47 Å². The highest BCUT2D eigenvalue weighted by molar-refractivity contribution is 7.99. The van der Waals surface area contributed by atoms with Gasteiger partial charge in [-0.25, -0.2) is 4.98 Å². The van der Waals surface area contributed by atoms with Crippen LogP contribution in [-0.4, -0.2) is 9.55 Å². The number of aromatic nitrogens is 3. The van der Waals surface area contributed by atoms with Gasteiger partial charge < -0.3 is 0 Å². The van der Waals surface area contributed by atoms with E-state index >= 15 is 0 Å². The smallest absolute Gasteiger partial charge is 0.255 e. The predicted octanol–water partition coefficient (Wildman–Crippen LogP) is 14.8. The molecule has 0 radical (unpaired) electrons. The standard InChI is InChI=1S/C56H49N4S/c1-55(2,3)39-29-31-46-44-22-10-11-23-45(44)47-32-30-42(36-52(47)60(51(46)34-39)53-28-14-15-33-57-53)61-41-21-16-20-40(35-41)58-37-59(50-27-13-12-26-49(50)58)54-43(38-18-8-7-9-19-38)24-17-25-48(54)56(4,5)6/h7-37H,1-6H3/q+1. The van der Waals surface area contributed by atoms with E-state index in [9.17, 15) is 0 Å². The Morgan fingerprint density at radius 2 is 1.16 bits per heavy atom. The second kappa shape index (κ2) is 15.1. The summed E-state index contributed by atoms with van der Waals surface area (Å²) in [4.78, 5) is 9.64. The van der Waals surface area contributed by atoms with Gasteiger partial charge in [0.1, 0.15) is 17.2 Å². The van der Waals surface area contributed by atoms with Crippen molar-refractivity contribution in [2.45, 2.75) is 62.2 Å². The molecule has 0 unspecified atom stereocenters. The molecule has 7 aromatic carbocycles. The van der Waals surface area contributed by atoms with E-state index in [0.717, 1.165) is 43.7 Å². The fourth-order valence-electron chi connectivity index (χ4n) is 8.80. The molecule has 0 fully saturated rings. The van der Waals surface area contributed by atoms with E-state index in [-0.39, 0.29) is 10.8 Å². The van der Waals surface area contributed by atoms with Crippen LogP contribution >= 0.6 is 11.8 Å². The Bertz CT molecular complexity index is 3080. The zero-order valence-corrected chi connectivity index (χ0v) is 36.4. The molecule has 0 aliphatic carbocycles. The van der Waals surface area contributed by atoms with Crippen LogP contribution in [0.15, 0.2) is 198 Å². The molecule has 0 bridgehead atoms. The topological polar surface area (TPSA) is 24.9 Å². The number of pyridine rings is 1. The summed E-state index contributed by atoms with van der Waals surface area (Å²) in [5.74, 6) is 0.893. The van der Waals surface area contributed by atoms with E-state index < -0.39 is 0 Å². The molecular formula is C56H49N4S+. The number of hydrogen-bond donors (Lipinski definition) is 0. The molecule has 3 heterocycles. The number of rotatable bonds is 6. The van der Waals surface area contributed by atoms with Crippen molar-refractivity contribution in [3.05, 3.63) is 200 Å². The molecule has 298 valence electrons. The van der Waals surface area contributed by atoms with Gasteiger partial charge in [-0.15, -0.1) is 0 Å². The molecule has 1 aliphatic rings. The summed E-state index contributed by atoms with van der Waals surface area (Å²) in [6.45, 7) is 13.8. The lowest BCUT2D eigenvalue weighted by Gasteiger charge is -2.29. The molecule has 61 heavy (non-hydrogen) atoms. The van der Waals surface area contributed by atoms with Crippen LogP contribution in [0.3, 0.4) is 0 Å². The molecule has 0 atom stereocenters. The lowest BCUT2D eigenvalue weighted by molar-refractivity contribution is -0.567. The minimum Gasteiger partial charge on any atom is -0.294 e. The van der Waals surface area contributed by atoms with Crippen molar-refractivity contribution in [3.8, 4) is 44.8 Å². The van der Waals surface area contributed by atoms with Crippen LogP contribution in [0.5, 0.6) is 0 Å². The predicted molar refractivity (Wildman–Crippen MR) is 255 cm³/mol. The molecule has 0 N–H and O–H groups in total. The van der Waals surface area contributed by atoms with Gasteiger partial charge in [0.15, 0.2) is 11.0 Å². The average Bonchev–Trinajstić information content (AvgIpc) is 3.61. The first-order valence-corrected chi connectivity index (χ1v) is 21.9. The molecule has 10 rings (SSSR count). The van der Waals surface area contributed by atoms with Gasteiger partial charge in [-0.2, -0.15) is 9.13 Å². The van der Waals surface area contributed by atoms with Crippen molar-refractivity contribution in [2.75, 3.05) is 4.90 Å². The summed E-state index contributed by atoms with van der Waals surface area (Å²) in [6.07, 6.45) is 4.17. The summed E-state index contributed by atoms with van der Waals surface area (Å²) in [7, 11) is 0. The lowest BCUT2D eigenvalue weighted by atomic mass is 9.83. The van der Waals surface area contributed by atoms with E-state index in [1.807, 2.05) is 12.3 Å². The fourth-order valence-corrected chi connectivity index (χ4v) is 9.71. The maximum absolute atomic E-state index is 4.96. The van der Waals surface area contributed by atoms with Crippen molar-refractivity contribution in [3.63, 3.8) is 0 Å². The quantitative estimate of drug-likeness (QED) is 0.156. The van der Waals surface area contributed by atoms with Gasteiger partial charge in [0, 0.05) is 38.2 Å². The SMILES string of the molecule is CC(C)(C)c1ccc2c(c1)N(c1ccccn1)c1cc(Sc3cccc(-n4c[n+](-c5c(-c6ccccc6)cccc5C(C)(C)C)c5ccccc54)c3)ccc1-c1ccccc1-2. The van der Waals surface area contributed by atoms with Crippen LogP contribution in [0.25, 0.3) is 55.8 Å². The van der Waals surface area contributed by atoms with E-state index in [1.54, 1.807) is 11.8 Å². The van der Waals surface area contributed by atoms with Gasteiger partial charge in [0.05, 0.1) is 11.4 Å². The first kappa shape index (κ1) is 38.5. The molecule has 9 aromatic rings. The van der Waals surface area contributed by atoms with Crippen molar-refractivity contribution in [1.82, 2.24) is 9.55 Å². The first-order chi connectivity index (χ1) is 29.5. The van der Waals surface area contributed by atoms with Crippen molar-refractivity contribution < 1.29 is 4.57 Å². The Hall–Kier alpha value is -6.69. The summed E-state index contributed by atoms with van der Waals surface area (Å²) in [5, 5.41) is 0. The number of hydrogen-bond acceptors (Lipinski definition) is 3. The summed E-state index contributed by atoms with van der Waals surface area (Å²) in [6, 6.07) is 64.1. The Morgan fingerprint density at radius 3 is 1.90 bits per heavy atom. The second-order valence-electron chi connectivity index (χ2n) is 18.0. The molecule has 0 spiro atoms. The highest BCUT2D eigenvalue weighted by Crippen LogP contribution is 2.52. The Balaban J connectivity index is 1.10. The van der Waals surface area contributed by atoms with E-state index in [0.29, 0.717) is 0 Å². The molecule has 2 aromatic heterocycles. The molecule has 1 aliphatic heterocycles. The van der Waals surface area contributed by atoms with E-state index in [1.165, 1.54) is 50.2 Å². The minimum atomic E-state index is -0.0774. The Morgan fingerprint density at radius 1 is 0.508 bits per heavy atom. The van der Waals surface area contributed by atoms with Gasteiger partial charge >= 0.3 is 0 Å². The summed E-state index contributed by atoms with van der Waals surface area (Å²) >= 11 is 1.79. The van der Waals surface area contributed by atoms with Gasteiger partial charge in [-0.05, 0) is 93.7 Å². The maximum Gasteiger partial charge on any atom is 0.255 e. The third kappa shape index (κ3) is 7.03. The molecule has 5 heteroatoms. The minimum absolute atomic E-state index is 0.0212. The molecule has 0 saturated carbocycles. The number of imidazole rings is 1. The zero-order chi connectivity index (χ0) is 41.9. The fraction of sp³-hybridized carbons (Fsp3) is 0.143. The van der Waals surface area contributed by atoms with Crippen molar-refractivity contribution in [1.29, 1.82) is 0 Å². The van der Waals surface area contributed by atoms with Gasteiger partial charge in [-0.3, -0.25) is 4.90 Å². The number of anilines is 3. The van der Waals surface area contributed by atoms with Crippen LogP contribution in [0.4, 0.5) is 17.2 Å². The van der Waals surface area contributed by atoms with E-state index in [4.69, 9.17) is 4.98 Å². The van der Waals surface area contributed by atoms with Crippen molar-refractivity contribution >= 4 is 40.0 Å². The van der Waals surface area contributed by atoms with Crippen LogP contribution in [0, 0.1) is 0 Å². The third-order valence-electron chi connectivity index (χ3n) is 11.8. The zero-order valence-electron chi connectivity index (χ0n) is 35.6. The lowest BCUT2D eigenvalue weighted by Crippen LogP contribution is -2.34. The largest absolute Gasteiger partial charge is 0.294 e. The van der Waals surface area contributed by atoms with E-state index in [2.05, 4.69) is 232 Å². The second-order valence-corrected chi connectivity index (χ2v) is 19.1. The average molecular weight is 810 g/mol. The highest BCUT2D eigenvalue weighted by atomic mass is 32.2. The summed E-state index contributed by atoms with van der Waals surface area (Å²) < 4.78 is 4.74. The van der Waals surface area contributed by atoms with Gasteiger partial charge in [0.2, 0.25) is 0 Å². The van der Waals surface area contributed by atoms with Crippen LogP contribution in [-0.2, 0) is 10.8 Å². The third-order valence-corrected chi connectivity index (χ3v) is 12.8. The highest BCUT2D eigenvalue weighted by Gasteiger charge is 2.31. The maximum atomic E-state index is 4.96.